The molecule has 0 radical (unpaired) electrons. The summed E-state index contributed by atoms with van der Waals surface area (Å²) in [4.78, 5) is 11.3. The minimum absolute atomic E-state index is 0.236. The highest BCUT2D eigenvalue weighted by molar-refractivity contribution is 5.96. The van der Waals surface area contributed by atoms with Crippen LogP contribution >= 0.6 is 0 Å². The summed E-state index contributed by atoms with van der Waals surface area (Å²) in [6.07, 6.45) is 0. The number of rotatable bonds is 4. The zero-order chi connectivity index (χ0) is 14.5. The van der Waals surface area contributed by atoms with Gasteiger partial charge in [-0.25, -0.2) is 0 Å². The van der Waals surface area contributed by atoms with E-state index in [2.05, 4.69) is 6.07 Å². The predicted molar refractivity (Wildman–Crippen MR) is 74.9 cm³/mol. The lowest BCUT2D eigenvalue weighted by Gasteiger charge is -2.10. The van der Waals surface area contributed by atoms with Crippen LogP contribution in [0.2, 0.25) is 0 Å². The van der Waals surface area contributed by atoms with E-state index in [0.29, 0.717) is 17.0 Å². The van der Waals surface area contributed by atoms with Crippen molar-refractivity contribution in [2.75, 3.05) is 5.73 Å². The number of benzene rings is 2. The van der Waals surface area contributed by atoms with Crippen LogP contribution in [0.3, 0.4) is 0 Å². The highest BCUT2D eigenvalue weighted by Crippen LogP contribution is 2.22. The third kappa shape index (κ3) is 3.06. The van der Waals surface area contributed by atoms with E-state index in [-0.39, 0.29) is 12.2 Å². The second kappa shape index (κ2) is 5.76. The number of hydrogen-bond donors (Lipinski definition) is 2. The Bertz CT molecular complexity index is 690. The number of carbonyl (C=O) groups excluding carboxylic acids is 1. The van der Waals surface area contributed by atoms with Gasteiger partial charge in [0.15, 0.2) is 0 Å². The van der Waals surface area contributed by atoms with E-state index in [1.807, 2.05) is 6.07 Å². The highest BCUT2D eigenvalue weighted by atomic mass is 16.5. The molecule has 0 heterocycles. The fourth-order valence-corrected chi connectivity index (χ4v) is 1.76. The predicted octanol–water partition coefficient (Wildman–Crippen LogP) is 1.82. The molecule has 1 amide bonds. The smallest absolute Gasteiger partial charge is 0.252 e. The molecule has 2 aromatic carbocycles. The summed E-state index contributed by atoms with van der Waals surface area (Å²) in [5, 5.41) is 8.83. The van der Waals surface area contributed by atoms with E-state index in [0.717, 1.165) is 5.56 Å². The summed E-state index contributed by atoms with van der Waals surface area (Å²) in [5.41, 5.74) is 13.0. The number of hydrogen-bond acceptors (Lipinski definition) is 4. The second-order valence-electron chi connectivity index (χ2n) is 4.22. The number of nitrogens with zero attached hydrogens (tertiary/aromatic N) is 1. The van der Waals surface area contributed by atoms with Gasteiger partial charge in [-0.2, -0.15) is 5.26 Å². The first kappa shape index (κ1) is 13.4. The molecule has 0 fully saturated rings. The lowest BCUT2D eigenvalue weighted by atomic mass is 10.1. The molecule has 0 aromatic heterocycles. The van der Waals surface area contributed by atoms with Crippen molar-refractivity contribution in [3.05, 3.63) is 59.2 Å². The Kier molecular flexibility index (Phi) is 3.87. The van der Waals surface area contributed by atoms with Gasteiger partial charge in [-0.1, -0.05) is 12.1 Å². The number of nitrogen functional groups attached to an aromatic ring is 1. The number of primary amides is 1. The van der Waals surface area contributed by atoms with Gasteiger partial charge >= 0.3 is 0 Å². The van der Waals surface area contributed by atoms with Crippen molar-refractivity contribution < 1.29 is 9.53 Å². The van der Waals surface area contributed by atoms with Crippen LogP contribution < -0.4 is 16.2 Å². The van der Waals surface area contributed by atoms with Crippen LogP contribution in [0, 0.1) is 11.3 Å². The number of nitriles is 1. The minimum Gasteiger partial charge on any atom is -0.488 e. The molecular weight excluding hydrogens is 254 g/mol. The molecule has 0 saturated heterocycles. The average molecular weight is 267 g/mol. The van der Waals surface area contributed by atoms with Crippen LogP contribution in [-0.2, 0) is 6.61 Å². The molecule has 100 valence electrons. The Balaban J connectivity index is 2.19. The topological polar surface area (TPSA) is 102 Å². The average Bonchev–Trinajstić information content (AvgIpc) is 2.46. The van der Waals surface area contributed by atoms with Gasteiger partial charge in [0.25, 0.3) is 5.91 Å². The van der Waals surface area contributed by atoms with Crippen molar-refractivity contribution in [2.45, 2.75) is 6.61 Å². The summed E-state index contributed by atoms with van der Waals surface area (Å²) in [6.45, 7) is 0.236. The van der Waals surface area contributed by atoms with Gasteiger partial charge in [-0.05, 0) is 35.9 Å². The Labute approximate surface area is 116 Å². The third-order valence-corrected chi connectivity index (χ3v) is 2.72. The standard InChI is InChI=1S/C15H13N3O2/c16-8-10-2-1-3-11(6-10)9-20-14-5-4-12(17)7-13(14)15(18)19/h1-7H,9,17H2,(H2,18,19). The maximum absolute atomic E-state index is 11.3. The number of nitrogens with two attached hydrogens (primary N) is 2. The monoisotopic (exact) mass is 267 g/mol. The molecule has 2 aromatic rings. The summed E-state index contributed by atoms with van der Waals surface area (Å²) in [7, 11) is 0. The minimum atomic E-state index is -0.599. The maximum Gasteiger partial charge on any atom is 0.252 e. The summed E-state index contributed by atoms with van der Waals surface area (Å²) < 4.78 is 5.57. The molecule has 20 heavy (non-hydrogen) atoms. The van der Waals surface area contributed by atoms with Crippen LogP contribution in [-0.4, -0.2) is 5.91 Å². The Morgan fingerprint density at radius 3 is 2.75 bits per heavy atom. The summed E-state index contributed by atoms with van der Waals surface area (Å²) >= 11 is 0. The van der Waals surface area contributed by atoms with E-state index < -0.39 is 5.91 Å². The zero-order valence-corrected chi connectivity index (χ0v) is 10.7. The van der Waals surface area contributed by atoms with Gasteiger partial charge in [-0.3, -0.25) is 4.79 Å². The molecule has 0 spiro atoms. The van der Waals surface area contributed by atoms with Crippen LogP contribution in [0.1, 0.15) is 21.5 Å². The van der Waals surface area contributed by atoms with Gasteiger partial charge < -0.3 is 16.2 Å². The molecule has 0 aliphatic rings. The lowest BCUT2D eigenvalue weighted by Crippen LogP contribution is -2.13. The molecule has 0 atom stereocenters. The van der Waals surface area contributed by atoms with Crippen LogP contribution in [0.25, 0.3) is 0 Å². The Morgan fingerprint density at radius 2 is 2.05 bits per heavy atom. The fraction of sp³-hybridized carbons (Fsp3) is 0.0667. The van der Waals surface area contributed by atoms with Crippen molar-refractivity contribution in [3.8, 4) is 11.8 Å². The van der Waals surface area contributed by atoms with Crippen LogP contribution in [0.15, 0.2) is 42.5 Å². The Morgan fingerprint density at radius 1 is 1.25 bits per heavy atom. The molecule has 0 saturated carbocycles. The first-order chi connectivity index (χ1) is 9.60. The van der Waals surface area contributed by atoms with E-state index in [1.165, 1.54) is 6.07 Å². The summed E-state index contributed by atoms with van der Waals surface area (Å²) in [6, 6.07) is 13.8. The van der Waals surface area contributed by atoms with Crippen molar-refractivity contribution in [3.63, 3.8) is 0 Å². The van der Waals surface area contributed by atoms with Crippen molar-refractivity contribution in [2.24, 2.45) is 5.73 Å². The molecule has 0 aliphatic carbocycles. The number of ether oxygens (including phenoxy) is 1. The second-order valence-corrected chi connectivity index (χ2v) is 4.22. The first-order valence-electron chi connectivity index (χ1n) is 5.91. The molecule has 5 heteroatoms. The SMILES string of the molecule is N#Cc1cccc(COc2ccc(N)cc2C(N)=O)c1. The largest absolute Gasteiger partial charge is 0.488 e. The molecule has 4 N–H and O–H groups in total. The molecular formula is C15H13N3O2. The highest BCUT2D eigenvalue weighted by Gasteiger charge is 2.10. The number of carbonyl (C=O) groups is 1. The van der Waals surface area contributed by atoms with Crippen molar-refractivity contribution >= 4 is 11.6 Å². The Hall–Kier alpha value is -3.00. The fourth-order valence-electron chi connectivity index (χ4n) is 1.76. The normalized spacial score (nSPS) is 9.75. The lowest BCUT2D eigenvalue weighted by molar-refractivity contribution is 0.0996. The molecule has 5 nitrogen and oxygen atoms in total. The van der Waals surface area contributed by atoms with Crippen LogP contribution in [0.4, 0.5) is 5.69 Å². The van der Waals surface area contributed by atoms with Gasteiger partial charge in [0, 0.05) is 5.69 Å². The number of anilines is 1. The maximum atomic E-state index is 11.3. The van der Waals surface area contributed by atoms with E-state index in [9.17, 15) is 4.79 Å². The van der Waals surface area contributed by atoms with Gasteiger partial charge in [-0.15, -0.1) is 0 Å². The summed E-state index contributed by atoms with van der Waals surface area (Å²) in [5.74, 6) is -0.230. The van der Waals surface area contributed by atoms with Gasteiger partial charge in [0.1, 0.15) is 12.4 Å². The molecule has 0 aliphatic heterocycles. The van der Waals surface area contributed by atoms with Crippen molar-refractivity contribution in [1.82, 2.24) is 0 Å². The first-order valence-corrected chi connectivity index (χ1v) is 5.91. The molecule has 2 rings (SSSR count). The molecule has 0 unspecified atom stereocenters. The van der Waals surface area contributed by atoms with Crippen molar-refractivity contribution in [1.29, 1.82) is 5.26 Å². The van der Waals surface area contributed by atoms with E-state index in [4.69, 9.17) is 21.5 Å². The third-order valence-electron chi connectivity index (χ3n) is 2.72. The van der Waals surface area contributed by atoms with E-state index in [1.54, 1.807) is 30.3 Å². The van der Waals surface area contributed by atoms with Crippen LogP contribution in [0.5, 0.6) is 5.75 Å². The quantitative estimate of drug-likeness (QED) is 0.825. The number of amides is 1. The van der Waals surface area contributed by atoms with E-state index >= 15 is 0 Å². The van der Waals surface area contributed by atoms with Gasteiger partial charge in [0.2, 0.25) is 0 Å². The zero-order valence-electron chi connectivity index (χ0n) is 10.7. The molecule has 0 bridgehead atoms. The van der Waals surface area contributed by atoms with Gasteiger partial charge in [0.05, 0.1) is 17.2 Å².